The van der Waals surface area contributed by atoms with Gasteiger partial charge in [-0.15, -0.1) is 0 Å². The first kappa shape index (κ1) is 14.1. The highest BCUT2D eigenvalue weighted by atomic mass is 15.2. The number of pyridine rings is 1. The smallest absolute Gasteiger partial charge is 0.128 e. The van der Waals surface area contributed by atoms with Crippen LogP contribution >= 0.6 is 0 Å². The van der Waals surface area contributed by atoms with E-state index in [9.17, 15) is 0 Å². The van der Waals surface area contributed by atoms with Gasteiger partial charge in [0.05, 0.1) is 0 Å². The SMILES string of the molecule is CCCCn1ccnc1C1CCCN(c2ccccn2)C1. The number of hydrogen-bond acceptors (Lipinski definition) is 3. The van der Waals surface area contributed by atoms with Gasteiger partial charge >= 0.3 is 0 Å². The molecule has 0 amide bonds. The number of unbranched alkanes of at least 4 members (excludes halogenated alkanes) is 1. The van der Waals surface area contributed by atoms with Crippen LogP contribution < -0.4 is 4.90 Å². The van der Waals surface area contributed by atoms with Crippen molar-refractivity contribution in [2.24, 2.45) is 0 Å². The van der Waals surface area contributed by atoms with Crippen molar-refractivity contribution < 1.29 is 0 Å². The quantitative estimate of drug-likeness (QED) is 0.843. The number of imidazole rings is 1. The van der Waals surface area contributed by atoms with Gasteiger partial charge in [0.1, 0.15) is 11.6 Å². The summed E-state index contributed by atoms with van der Waals surface area (Å²) in [5, 5.41) is 0. The summed E-state index contributed by atoms with van der Waals surface area (Å²) in [4.78, 5) is 11.5. The van der Waals surface area contributed by atoms with E-state index in [4.69, 9.17) is 0 Å². The number of hydrogen-bond donors (Lipinski definition) is 0. The van der Waals surface area contributed by atoms with E-state index in [2.05, 4.69) is 44.7 Å². The van der Waals surface area contributed by atoms with Crippen LogP contribution in [0, 0.1) is 0 Å². The maximum atomic E-state index is 4.64. The van der Waals surface area contributed by atoms with Crippen LogP contribution in [0.15, 0.2) is 36.8 Å². The van der Waals surface area contributed by atoms with Crippen molar-refractivity contribution in [1.29, 1.82) is 0 Å². The molecule has 1 fully saturated rings. The minimum Gasteiger partial charge on any atom is -0.356 e. The van der Waals surface area contributed by atoms with Crippen LogP contribution in [0.3, 0.4) is 0 Å². The summed E-state index contributed by atoms with van der Waals surface area (Å²) in [5.74, 6) is 2.87. The van der Waals surface area contributed by atoms with Crippen LogP contribution in [-0.2, 0) is 6.54 Å². The monoisotopic (exact) mass is 284 g/mol. The number of nitrogens with zero attached hydrogens (tertiary/aromatic N) is 4. The molecule has 1 saturated heterocycles. The van der Waals surface area contributed by atoms with Crippen LogP contribution in [0.1, 0.15) is 44.3 Å². The Morgan fingerprint density at radius 3 is 3.00 bits per heavy atom. The van der Waals surface area contributed by atoms with E-state index in [0.29, 0.717) is 5.92 Å². The summed E-state index contributed by atoms with van der Waals surface area (Å²) >= 11 is 0. The van der Waals surface area contributed by atoms with E-state index in [1.165, 1.54) is 31.5 Å². The molecule has 3 heterocycles. The van der Waals surface area contributed by atoms with Gasteiger partial charge in [0.15, 0.2) is 0 Å². The maximum Gasteiger partial charge on any atom is 0.128 e. The molecule has 112 valence electrons. The first-order valence-corrected chi connectivity index (χ1v) is 8.05. The van der Waals surface area contributed by atoms with E-state index in [-0.39, 0.29) is 0 Å². The molecule has 3 rings (SSSR count). The fourth-order valence-electron chi connectivity index (χ4n) is 3.13. The number of aryl methyl sites for hydroxylation is 1. The Kier molecular flexibility index (Phi) is 4.53. The number of anilines is 1. The van der Waals surface area contributed by atoms with Gasteiger partial charge in [0, 0.05) is 44.1 Å². The molecule has 2 aromatic rings. The molecular formula is C17H24N4. The first-order chi connectivity index (χ1) is 10.4. The van der Waals surface area contributed by atoms with Gasteiger partial charge in [-0.2, -0.15) is 0 Å². The van der Waals surface area contributed by atoms with E-state index in [1.807, 2.05) is 18.5 Å². The molecule has 0 aromatic carbocycles. The average Bonchev–Trinajstić information content (AvgIpc) is 3.02. The zero-order valence-corrected chi connectivity index (χ0v) is 12.8. The van der Waals surface area contributed by atoms with Gasteiger partial charge in [-0.05, 0) is 31.4 Å². The van der Waals surface area contributed by atoms with Crippen LogP contribution in [0.5, 0.6) is 0 Å². The van der Waals surface area contributed by atoms with Crippen LogP contribution in [0.2, 0.25) is 0 Å². The van der Waals surface area contributed by atoms with Crippen molar-refractivity contribution in [3.8, 4) is 0 Å². The second-order valence-electron chi connectivity index (χ2n) is 5.81. The Morgan fingerprint density at radius 2 is 2.19 bits per heavy atom. The third kappa shape index (κ3) is 3.26. The summed E-state index contributed by atoms with van der Waals surface area (Å²) in [6.07, 6.45) is 10.8. The van der Waals surface area contributed by atoms with E-state index >= 15 is 0 Å². The zero-order valence-electron chi connectivity index (χ0n) is 12.8. The third-order valence-corrected chi connectivity index (χ3v) is 4.26. The topological polar surface area (TPSA) is 34.0 Å². The van der Waals surface area contributed by atoms with Gasteiger partial charge in [-0.25, -0.2) is 9.97 Å². The van der Waals surface area contributed by atoms with E-state index in [0.717, 1.165) is 25.5 Å². The molecule has 1 aliphatic heterocycles. The second-order valence-corrected chi connectivity index (χ2v) is 5.81. The fraction of sp³-hybridized carbons (Fsp3) is 0.529. The van der Waals surface area contributed by atoms with Gasteiger partial charge < -0.3 is 9.47 Å². The minimum absolute atomic E-state index is 0.521. The lowest BCUT2D eigenvalue weighted by atomic mass is 9.97. The largest absolute Gasteiger partial charge is 0.356 e. The number of aromatic nitrogens is 3. The van der Waals surface area contributed by atoms with Crippen molar-refractivity contribution in [2.45, 2.75) is 45.1 Å². The molecule has 0 N–H and O–H groups in total. The Hall–Kier alpha value is -1.84. The second kappa shape index (κ2) is 6.74. The van der Waals surface area contributed by atoms with Crippen molar-refractivity contribution >= 4 is 5.82 Å². The standard InChI is InChI=1S/C17H24N4/c1-2-3-11-20-13-10-19-17(20)15-7-6-12-21(14-15)16-8-4-5-9-18-16/h4-5,8-10,13,15H,2-3,6-7,11-12,14H2,1H3. The minimum atomic E-state index is 0.521. The van der Waals surface area contributed by atoms with Gasteiger partial charge in [-0.3, -0.25) is 0 Å². The lowest BCUT2D eigenvalue weighted by molar-refractivity contribution is 0.464. The highest BCUT2D eigenvalue weighted by Gasteiger charge is 2.25. The normalized spacial score (nSPS) is 18.9. The Labute approximate surface area is 126 Å². The molecule has 1 unspecified atom stereocenters. The Bertz CT molecular complexity index is 549. The van der Waals surface area contributed by atoms with Crippen LogP contribution in [0.4, 0.5) is 5.82 Å². The predicted molar refractivity (Wildman–Crippen MR) is 85.6 cm³/mol. The molecular weight excluding hydrogens is 260 g/mol. The van der Waals surface area contributed by atoms with Crippen LogP contribution in [-0.4, -0.2) is 27.6 Å². The van der Waals surface area contributed by atoms with Gasteiger partial charge in [0.25, 0.3) is 0 Å². The molecule has 4 nitrogen and oxygen atoms in total. The molecule has 0 radical (unpaired) electrons. The molecule has 21 heavy (non-hydrogen) atoms. The summed E-state index contributed by atoms with van der Waals surface area (Å²) in [5.41, 5.74) is 0. The first-order valence-electron chi connectivity index (χ1n) is 8.05. The van der Waals surface area contributed by atoms with Crippen molar-refractivity contribution in [3.63, 3.8) is 0 Å². The lowest BCUT2D eigenvalue weighted by Gasteiger charge is -2.33. The molecule has 2 aromatic heterocycles. The molecule has 0 bridgehead atoms. The summed E-state index contributed by atoms with van der Waals surface area (Å²) in [7, 11) is 0. The lowest BCUT2D eigenvalue weighted by Crippen LogP contribution is -2.35. The molecule has 0 aliphatic carbocycles. The highest BCUT2D eigenvalue weighted by molar-refractivity contribution is 5.39. The van der Waals surface area contributed by atoms with Crippen molar-refractivity contribution in [2.75, 3.05) is 18.0 Å². The summed E-state index contributed by atoms with van der Waals surface area (Å²) in [6.45, 7) is 5.45. The van der Waals surface area contributed by atoms with Crippen molar-refractivity contribution in [1.82, 2.24) is 14.5 Å². The molecule has 4 heteroatoms. The fourth-order valence-corrected chi connectivity index (χ4v) is 3.13. The zero-order chi connectivity index (χ0) is 14.5. The maximum absolute atomic E-state index is 4.64. The number of piperidine rings is 1. The van der Waals surface area contributed by atoms with Gasteiger partial charge in [-0.1, -0.05) is 19.4 Å². The summed E-state index contributed by atoms with van der Waals surface area (Å²) < 4.78 is 2.34. The predicted octanol–water partition coefficient (Wildman–Crippen LogP) is 3.46. The Morgan fingerprint density at radius 1 is 1.24 bits per heavy atom. The average molecular weight is 284 g/mol. The molecule has 1 atom stereocenters. The Balaban J connectivity index is 1.73. The summed E-state index contributed by atoms with van der Waals surface area (Å²) in [6, 6.07) is 6.14. The van der Waals surface area contributed by atoms with E-state index in [1.54, 1.807) is 0 Å². The molecule has 0 saturated carbocycles. The van der Waals surface area contributed by atoms with Crippen LogP contribution in [0.25, 0.3) is 0 Å². The third-order valence-electron chi connectivity index (χ3n) is 4.26. The van der Waals surface area contributed by atoms with Gasteiger partial charge in [0.2, 0.25) is 0 Å². The van der Waals surface area contributed by atoms with Crippen molar-refractivity contribution in [3.05, 3.63) is 42.6 Å². The molecule has 1 aliphatic rings. The number of rotatable bonds is 5. The highest BCUT2D eigenvalue weighted by Crippen LogP contribution is 2.28. The molecule has 0 spiro atoms. The van der Waals surface area contributed by atoms with E-state index < -0.39 is 0 Å².